The van der Waals surface area contributed by atoms with E-state index in [1.165, 1.54) is 231 Å². The number of hydrogen-bond acceptors (Lipinski definition) is 7. The number of carbonyl (C=O) groups excluding carboxylic acids is 2. The number of likely N-dealkylation sites (N-methyl/N-ethyl adjacent to an activating group) is 1. The highest BCUT2D eigenvalue weighted by Crippen LogP contribution is 2.38. The third kappa shape index (κ3) is 58.7. The van der Waals surface area contributed by atoms with Crippen LogP contribution in [0.1, 0.15) is 329 Å². The van der Waals surface area contributed by atoms with Gasteiger partial charge in [-0.15, -0.1) is 0 Å². The van der Waals surface area contributed by atoms with Crippen LogP contribution in [0.4, 0.5) is 0 Å². The highest BCUT2D eigenvalue weighted by Gasteiger charge is 2.27. The molecule has 77 heavy (non-hydrogen) atoms. The number of rotatable bonds is 61. The molecule has 0 aliphatic carbocycles. The monoisotopic (exact) mass is 1100 g/mol. The number of carbonyl (C=O) groups is 2. The van der Waals surface area contributed by atoms with Crippen LogP contribution in [0, 0.1) is 0 Å². The fourth-order valence-electron chi connectivity index (χ4n) is 9.91. The number of amides is 1. The maximum atomic E-state index is 13.5. The van der Waals surface area contributed by atoms with Gasteiger partial charge in [0.2, 0.25) is 5.91 Å². The zero-order valence-corrected chi connectivity index (χ0v) is 52.8. The molecule has 1 amide bonds. The molecule has 0 saturated heterocycles. The molecule has 0 aromatic rings. The molecular weight excluding hydrogens is 976 g/mol. The fraction of sp³-hybridized carbons (Fsp3) is 0.881. The number of esters is 1. The quantitative estimate of drug-likeness (QED) is 0.0212. The molecule has 0 aliphatic heterocycles. The van der Waals surface area contributed by atoms with Crippen LogP contribution in [0.3, 0.4) is 0 Å². The van der Waals surface area contributed by atoms with Gasteiger partial charge in [-0.2, -0.15) is 0 Å². The Kier molecular flexibility index (Phi) is 56.1. The van der Waals surface area contributed by atoms with Crippen molar-refractivity contribution in [3.63, 3.8) is 0 Å². The van der Waals surface area contributed by atoms with E-state index in [1.54, 1.807) is 0 Å². The molecule has 0 aromatic heterocycles. The summed E-state index contributed by atoms with van der Waals surface area (Å²) in [5.74, 6) is -0.525. The Labute approximate surface area is 478 Å². The molecule has 3 atom stereocenters. The minimum Gasteiger partial charge on any atom is -0.756 e. The maximum Gasteiger partial charge on any atom is 0.306 e. The summed E-state index contributed by atoms with van der Waals surface area (Å²) in [7, 11) is 1.20. The van der Waals surface area contributed by atoms with E-state index in [0.717, 1.165) is 64.2 Å². The Balaban J connectivity index is 5.07. The predicted molar refractivity (Wildman–Crippen MR) is 330 cm³/mol. The first kappa shape index (κ1) is 75.2. The number of nitrogens with zero attached hydrogens (tertiary/aromatic N) is 1. The van der Waals surface area contributed by atoms with Crippen LogP contribution in [0.25, 0.3) is 0 Å². The number of unbranched alkanes of at least 4 members (excludes halogenated alkanes) is 41. The number of phosphoric acid groups is 1. The largest absolute Gasteiger partial charge is 0.756 e. The van der Waals surface area contributed by atoms with Crippen LogP contribution in [0.15, 0.2) is 36.5 Å². The standard InChI is InChI=1S/C67H129N2O7P/c1-7-10-13-16-19-22-25-27-29-31-32-33-34-35-36-38-40-42-45-48-51-54-57-60-67(71)76-65(58-55-52-49-46-43-24-21-18-15-12-9-3)64(63-75-77(72,73)74-62-61-69(4,5)6)68-66(70)59-56-53-50-47-44-41-39-37-30-28-26-23-20-17-14-11-8-2/h19,22,27,29,55,58,64-65H,7-18,20-21,23-26,28,30-54,56-57,59-63H2,1-6H3,(H-,68,70,72,73)/b22-19-,29-27-,58-55+. The van der Waals surface area contributed by atoms with Crippen molar-refractivity contribution in [3.05, 3.63) is 36.5 Å². The van der Waals surface area contributed by atoms with Gasteiger partial charge in [0, 0.05) is 12.8 Å². The molecule has 0 rings (SSSR count). The van der Waals surface area contributed by atoms with E-state index in [4.69, 9.17) is 13.8 Å². The molecule has 0 spiro atoms. The average molecular weight is 1110 g/mol. The summed E-state index contributed by atoms with van der Waals surface area (Å²) in [6.07, 6.45) is 69.7. The Morgan fingerprint density at radius 2 is 0.792 bits per heavy atom. The summed E-state index contributed by atoms with van der Waals surface area (Å²) < 4.78 is 30.4. The highest BCUT2D eigenvalue weighted by molar-refractivity contribution is 7.45. The van der Waals surface area contributed by atoms with Gasteiger partial charge in [0.15, 0.2) is 0 Å². The third-order valence-electron chi connectivity index (χ3n) is 15.1. The van der Waals surface area contributed by atoms with Crippen LogP contribution in [-0.2, 0) is 27.9 Å². The van der Waals surface area contributed by atoms with Gasteiger partial charge in [0.05, 0.1) is 33.8 Å². The molecule has 9 nitrogen and oxygen atoms in total. The third-order valence-corrected chi connectivity index (χ3v) is 16.0. The van der Waals surface area contributed by atoms with Crippen LogP contribution >= 0.6 is 7.82 Å². The van der Waals surface area contributed by atoms with E-state index in [9.17, 15) is 19.0 Å². The predicted octanol–water partition coefficient (Wildman–Crippen LogP) is 20.0. The van der Waals surface area contributed by atoms with Crippen molar-refractivity contribution in [2.45, 2.75) is 341 Å². The molecule has 0 bridgehead atoms. The summed E-state index contributed by atoms with van der Waals surface area (Å²) in [4.78, 5) is 40.0. The number of ether oxygens (including phenoxy) is 1. The smallest absolute Gasteiger partial charge is 0.306 e. The molecule has 454 valence electrons. The van der Waals surface area contributed by atoms with E-state index in [1.807, 2.05) is 33.3 Å². The van der Waals surface area contributed by atoms with Gasteiger partial charge >= 0.3 is 5.97 Å². The molecule has 0 fully saturated rings. The van der Waals surface area contributed by atoms with Gasteiger partial charge in [0.1, 0.15) is 19.3 Å². The molecule has 3 unspecified atom stereocenters. The summed E-state index contributed by atoms with van der Waals surface area (Å²) in [6, 6.07) is -0.884. The first-order valence-corrected chi connectivity index (χ1v) is 34.8. The lowest BCUT2D eigenvalue weighted by atomic mass is 10.0. The van der Waals surface area contributed by atoms with Crippen LogP contribution in [0.5, 0.6) is 0 Å². The number of phosphoric ester groups is 1. The first-order valence-electron chi connectivity index (χ1n) is 33.3. The van der Waals surface area contributed by atoms with E-state index in [0.29, 0.717) is 17.4 Å². The molecular formula is C67H129N2O7P. The molecule has 0 aliphatic rings. The summed E-state index contributed by atoms with van der Waals surface area (Å²) >= 11 is 0. The maximum absolute atomic E-state index is 13.5. The Hall–Kier alpha value is -1.77. The number of hydrogen-bond donors (Lipinski definition) is 1. The van der Waals surface area contributed by atoms with Crippen LogP contribution < -0.4 is 10.2 Å². The normalized spacial score (nSPS) is 13.8. The van der Waals surface area contributed by atoms with E-state index in [2.05, 4.69) is 50.4 Å². The topological polar surface area (TPSA) is 114 Å². The molecule has 1 N–H and O–H groups in total. The Morgan fingerprint density at radius 3 is 1.19 bits per heavy atom. The summed E-state index contributed by atoms with van der Waals surface area (Å²) in [6.45, 7) is 6.86. The second-order valence-electron chi connectivity index (χ2n) is 24.0. The second kappa shape index (κ2) is 57.5. The van der Waals surface area contributed by atoms with E-state index < -0.39 is 20.0 Å². The Morgan fingerprint density at radius 1 is 0.455 bits per heavy atom. The van der Waals surface area contributed by atoms with Gasteiger partial charge in [-0.3, -0.25) is 14.2 Å². The number of quaternary nitrogens is 1. The molecule has 0 heterocycles. The number of nitrogens with one attached hydrogen (secondary N) is 1. The van der Waals surface area contributed by atoms with Crippen molar-refractivity contribution < 1.29 is 37.3 Å². The fourth-order valence-corrected chi connectivity index (χ4v) is 10.6. The van der Waals surface area contributed by atoms with Crippen molar-refractivity contribution in [2.75, 3.05) is 40.9 Å². The summed E-state index contributed by atoms with van der Waals surface area (Å²) in [5, 5.41) is 3.04. The average Bonchev–Trinajstić information content (AvgIpc) is 3.39. The molecule has 0 aromatic carbocycles. The molecule has 0 radical (unpaired) electrons. The molecule has 10 heteroatoms. The molecule has 0 saturated carbocycles. The van der Waals surface area contributed by atoms with Crippen LogP contribution in [-0.4, -0.2) is 69.4 Å². The zero-order valence-electron chi connectivity index (χ0n) is 51.9. The lowest BCUT2D eigenvalue weighted by molar-refractivity contribution is -0.870. The SMILES string of the molecule is CCCCC/C=C\C/C=C\CCCCCCCCCCCCCCCC(=O)OC(/C=C/CCCCCCCCCCC)C(COP(=O)([O-])OCC[N+](C)(C)C)NC(=O)CCCCCCCCCCCCCCCCCCC. The minimum atomic E-state index is -4.69. The van der Waals surface area contributed by atoms with Crippen molar-refractivity contribution >= 4 is 19.7 Å². The number of allylic oxidation sites excluding steroid dienone is 5. The van der Waals surface area contributed by atoms with Crippen molar-refractivity contribution in [2.24, 2.45) is 0 Å². The minimum absolute atomic E-state index is 0.0194. The zero-order chi connectivity index (χ0) is 56.4. The van der Waals surface area contributed by atoms with Gasteiger partial charge < -0.3 is 28.5 Å². The first-order chi connectivity index (χ1) is 37.4. The highest BCUT2D eigenvalue weighted by atomic mass is 31.2. The van der Waals surface area contributed by atoms with Gasteiger partial charge in [0.25, 0.3) is 7.82 Å². The van der Waals surface area contributed by atoms with Crippen molar-refractivity contribution in [1.82, 2.24) is 5.32 Å². The Bertz CT molecular complexity index is 1410. The van der Waals surface area contributed by atoms with Gasteiger partial charge in [-0.1, -0.05) is 289 Å². The van der Waals surface area contributed by atoms with Gasteiger partial charge in [-0.25, -0.2) is 0 Å². The lowest BCUT2D eigenvalue weighted by Gasteiger charge is -2.30. The van der Waals surface area contributed by atoms with Crippen LogP contribution in [0.2, 0.25) is 0 Å². The van der Waals surface area contributed by atoms with Crippen molar-refractivity contribution in [1.29, 1.82) is 0 Å². The van der Waals surface area contributed by atoms with Gasteiger partial charge in [-0.05, 0) is 63.9 Å². The van der Waals surface area contributed by atoms with Crippen molar-refractivity contribution in [3.8, 4) is 0 Å². The lowest BCUT2D eigenvalue weighted by Crippen LogP contribution is -2.47. The second-order valence-corrected chi connectivity index (χ2v) is 25.4. The summed E-state index contributed by atoms with van der Waals surface area (Å²) in [5.41, 5.74) is 0. The van der Waals surface area contributed by atoms with E-state index in [-0.39, 0.29) is 31.5 Å². The van der Waals surface area contributed by atoms with E-state index >= 15 is 0 Å².